The van der Waals surface area contributed by atoms with Gasteiger partial charge in [0, 0.05) is 17.3 Å². The fraction of sp³-hybridized carbons (Fsp3) is 0.250. The van der Waals surface area contributed by atoms with Crippen molar-refractivity contribution < 1.29 is 14.8 Å². The monoisotopic (exact) mass is 302 g/mol. The lowest BCUT2D eigenvalue weighted by Crippen LogP contribution is -2.15. The minimum atomic E-state index is -0.412. The van der Waals surface area contributed by atoms with E-state index in [1.165, 1.54) is 6.07 Å². The average molecular weight is 302 g/mol. The molecule has 2 N–H and O–H groups in total. The van der Waals surface area contributed by atoms with Crippen molar-refractivity contribution in [3.05, 3.63) is 63.7 Å². The number of aryl methyl sites for hydroxylation is 1. The zero-order chi connectivity index (χ0) is 16.1. The topological polar surface area (TPSA) is 84.6 Å². The van der Waals surface area contributed by atoms with Crippen LogP contribution in [0.25, 0.3) is 0 Å². The van der Waals surface area contributed by atoms with Gasteiger partial charge in [-0.05, 0) is 36.8 Å². The summed E-state index contributed by atoms with van der Waals surface area (Å²) in [4.78, 5) is 10.4. The lowest BCUT2D eigenvalue weighted by molar-refractivity contribution is -0.385. The van der Waals surface area contributed by atoms with Crippen LogP contribution in [0.2, 0.25) is 0 Å². The van der Waals surface area contributed by atoms with Gasteiger partial charge in [-0.2, -0.15) is 0 Å². The van der Waals surface area contributed by atoms with Crippen LogP contribution >= 0.6 is 0 Å². The lowest BCUT2D eigenvalue weighted by atomic mass is 10.1. The van der Waals surface area contributed by atoms with Crippen molar-refractivity contribution in [2.45, 2.75) is 13.0 Å². The highest BCUT2D eigenvalue weighted by Crippen LogP contribution is 2.26. The van der Waals surface area contributed by atoms with Crippen LogP contribution in [0.5, 0.6) is 5.75 Å². The molecule has 0 aliphatic rings. The summed E-state index contributed by atoms with van der Waals surface area (Å²) in [6, 6.07) is 11.9. The Kier molecular flexibility index (Phi) is 4.95. The molecule has 0 spiro atoms. The second-order valence-corrected chi connectivity index (χ2v) is 4.91. The highest BCUT2D eigenvalue weighted by Gasteiger charge is 2.14. The van der Waals surface area contributed by atoms with E-state index in [1.807, 2.05) is 24.3 Å². The van der Waals surface area contributed by atoms with E-state index in [1.54, 1.807) is 26.2 Å². The molecule has 22 heavy (non-hydrogen) atoms. The molecule has 0 bridgehead atoms. The molecule has 0 aliphatic heterocycles. The maximum Gasteiger partial charge on any atom is 0.272 e. The molecular weight excluding hydrogens is 284 g/mol. The molecule has 0 amide bonds. The minimum absolute atomic E-state index is 0.0764. The molecule has 0 aromatic heterocycles. The number of nitro groups is 1. The number of anilines is 1. The molecule has 0 radical (unpaired) electrons. The van der Waals surface area contributed by atoms with Gasteiger partial charge in [0.1, 0.15) is 5.75 Å². The molecule has 0 fully saturated rings. The summed E-state index contributed by atoms with van der Waals surface area (Å²) in [5.41, 5.74) is 2.23. The highest BCUT2D eigenvalue weighted by atomic mass is 16.6. The minimum Gasteiger partial charge on any atom is -0.497 e. The molecule has 6 heteroatoms. The number of hydrogen-bond donors (Lipinski definition) is 2. The molecule has 2 rings (SSSR count). The van der Waals surface area contributed by atoms with Crippen LogP contribution in [0.3, 0.4) is 0 Å². The van der Waals surface area contributed by atoms with E-state index in [-0.39, 0.29) is 18.3 Å². The molecule has 2 aromatic rings. The van der Waals surface area contributed by atoms with Gasteiger partial charge in [0.15, 0.2) is 0 Å². The van der Waals surface area contributed by atoms with Gasteiger partial charge in [-0.15, -0.1) is 0 Å². The summed E-state index contributed by atoms with van der Waals surface area (Å²) in [6.45, 7) is 1.58. The number of aliphatic hydroxyl groups is 1. The number of aliphatic hydroxyl groups excluding tert-OH is 1. The van der Waals surface area contributed by atoms with E-state index in [0.717, 1.165) is 5.56 Å². The SMILES string of the molecule is COc1cccc([C@@H](CO)Nc2ccc([N+](=O)[O-])c(C)c2)c1. The van der Waals surface area contributed by atoms with Gasteiger partial charge in [0.25, 0.3) is 5.69 Å². The number of nitro benzene ring substituents is 1. The average Bonchev–Trinajstić information content (AvgIpc) is 2.52. The summed E-state index contributed by atoms with van der Waals surface area (Å²) in [5, 5.41) is 23.6. The van der Waals surface area contributed by atoms with Crippen LogP contribution in [-0.4, -0.2) is 23.7 Å². The number of rotatable bonds is 6. The number of hydrogen-bond acceptors (Lipinski definition) is 5. The standard InChI is InChI=1S/C16H18N2O4/c1-11-8-13(6-7-16(11)18(20)21)17-15(10-19)12-4-3-5-14(9-12)22-2/h3-9,15,17,19H,10H2,1-2H3/t15-/m1/s1. The second kappa shape index (κ2) is 6.91. The molecule has 0 heterocycles. The fourth-order valence-electron chi connectivity index (χ4n) is 2.24. The third-order valence-electron chi connectivity index (χ3n) is 3.41. The number of nitrogens with zero attached hydrogens (tertiary/aromatic N) is 1. The summed E-state index contributed by atoms with van der Waals surface area (Å²) in [5.74, 6) is 0.706. The highest BCUT2D eigenvalue weighted by molar-refractivity contribution is 5.54. The Hall–Kier alpha value is -2.60. The van der Waals surface area contributed by atoms with E-state index < -0.39 is 4.92 Å². The van der Waals surface area contributed by atoms with Crippen LogP contribution < -0.4 is 10.1 Å². The van der Waals surface area contributed by atoms with Crippen molar-refractivity contribution in [3.63, 3.8) is 0 Å². The molecule has 116 valence electrons. The number of ether oxygens (including phenoxy) is 1. The lowest BCUT2D eigenvalue weighted by Gasteiger charge is -2.19. The van der Waals surface area contributed by atoms with Crippen LogP contribution in [0.1, 0.15) is 17.2 Å². The van der Waals surface area contributed by atoms with Gasteiger partial charge in [-0.25, -0.2) is 0 Å². The maximum absolute atomic E-state index is 10.8. The van der Waals surface area contributed by atoms with E-state index in [9.17, 15) is 15.2 Å². The predicted octanol–water partition coefficient (Wildman–Crippen LogP) is 3.06. The number of methoxy groups -OCH3 is 1. The summed E-state index contributed by atoms with van der Waals surface area (Å²) < 4.78 is 5.18. The Labute approximate surface area is 128 Å². The van der Waals surface area contributed by atoms with Gasteiger partial charge in [-0.1, -0.05) is 12.1 Å². The van der Waals surface area contributed by atoms with Crippen molar-refractivity contribution in [1.29, 1.82) is 0 Å². The van der Waals surface area contributed by atoms with Crippen molar-refractivity contribution in [3.8, 4) is 5.75 Å². The number of benzene rings is 2. The first-order valence-electron chi connectivity index (χ1n) is 6.81. The molecule has 6 nitrogen and oxygen atoms in total. The molecule has 1 atom stereocenters. The second-order valence-electron chi connectivity index (χ2n) is 4.91. The summed E-state index contributed by atoms with van der Waals surface area (Å²) >= 11 is 0. The quantitative estimate of drug-likeness (QED) is 0.633. The van der Waals surface area contributed by atoms with Crippen LogP contribution in [0.15, 0.2) is 42.5 Å². The van der Waals surface area contributed by atoms with Crippen molar-refractivity contribution in [1.82, 2.24) is 0 Å². The van der Waals surface area contributed by atoms with E-state index >= 15 is 0 Å². The van der Waals surface area contributed by atoms with Crippen LogP contribution in [-0.2, 0) is 0 Å². The van der Waals surface area contributed by atoms with Crippen molar-refractivity contribution >= 4 is 11.4 Å². The van der Waals surface area contributed by atoms with Crippen LogP contribution in [0, 0.1) is 17.0 Å². The Morgan fingerprint density at radius 3 is 2.68 bits per heavy atom. The summed E-state index contributed by atoms with van der Waals surface area (Å²) in [7, 11) is 1.58. The Morgan fingerprint density at radius 2 is 2.09 bits per heavy atom. The first kappa shape index (κ1) is 15.8. The zero-order valence-corrected chi connectivity index (χ0v) is 12.4. The zero-order valence-electron chi connectivity index (χ0n) is 12.4. The molecule has 2 aromatic carbocycles. The predicted molar refractivity (Wildman–Crippen MR) is 84.3 cm³/mol. The fourth-order valence-corrected chi connectivity index (χ4v) is 2.24. The van der Waals surface area contributed by atoms with Crippen molar-refractivity contribution in [2.75, 3.05) is 19.0 Å². The molecule has 0 saturated heterocycles. The molecule has 0 aliphatic carbocycles. The van der Waals surface area contributed by atoms with E-state index in [2.05, 4.69) is 5.32 Å². The van der Waals surface area contributed by atoms with Crippen LogP contribution in [0.4, 0.5) is 11.4 Å². The van der Waals surface area contributed by atoms with Gasteiger partial charge in [0.05, 0.1) is 24.7 Å². The van der Waals surface area contributed by atoms with Gasteiger partial charge >= 0.3 is 0 Å². The van der Waals surface area contributed by atoms with Gasteiger partial charge < -0.3 is 15.2 Å². The Balaban J connectivity index is 2.23. The van der Waals surface area contributed by atoms with Gasteiger partial charge in [-0.3, -0.25) is 10.1 Å². The van der Waals surface area contributed by atoms with Gasteiger partial charge in [0.2, 0.25) is 0 Å². The number of nitrogens with one attached hydrogen (secondary N) is 1. The van der Waals surface area contributed by atoms with E-state index in [0.29, 0.717) is 17.0 Å². The molecule has 0 saturated carbocycles. The normalized spacial score (nSPS) is 11.8. The Bertz CT molecular complexity index is 673. The molecular formula is C16H18N2O4. The summed E-state index contributed by atoms with van der Waals surface area (Å²) in [6.07, 6.45) is 0. The van der Waals surface area contributed by atoms with Crippen molar-refractivity contribution in [2.24, 2.45) is 0 Å². The smallest absolute Gasteiger partial charge is 0.272 e. The largest absolute Gasteiger partial charge is 0.497 e. The maximum atomic E-state index is 10.8. The third-order valence-corrected chi connectivity index (χ3v) is 3.41. The first-order chi connectivity index (χ1) is 10.5. The van der Waals surface area contributed by atoms with E-state index in [4.69, 9.17) is 4.74 Å². The third kappa shape index (κ3) is 3.53. The molecule has 0 unspecified atom stereocenters. The first-order valence-corrected chi connectivity index (χ1v) is 6.81. The Morgan fingerprint density at radius 1 is 1.32 bits per heavy atom.